The summed E-state index contributed by atoms with van der Waals surface area (Å²) >= 11 is 6.31. The van der Waals surface area contributed by atoms with Gasteiger partial charge in [-0.2, -0.15) is 4.98 Å². The largest absolute Gasteiger partial charge is 0.349 e. The van der Waals surface area contributed by atoms with E-state index in [1.54, 1.807) is 36.4 Å². The number of fused-ring (bicyclic) bond motifs is 2. The van der Waals surface area contributed by atoms with E-state index < -0.39 is 17.1 Å². The summed E-state index contributed by atoms with van der Waals surface area (Å²) in [7, 11) is 0. The molecule has 0 saturated carbocycles. The number of hydrogen-bond acceptors (Lipinski definition) is 3. The third-order valence-electron chi connectivity index (χ3n) is 3.76. The van der Waals surface area contributed by atoms with Crippen LogP contribution >= 0.6 is 11.6 Å². The summed E-state index contributed by atoms with van der Waals surface area (Å²) in [5.41, 5.74) is -0.596. The van der Waals surface area contributed by atoms with Crippen molar-refractivity contribution in [1.29, 1.82) is 0 Å². The van der Waals surface area contributed by atoms with Crippen molar-refractivity contribution in [3.05, 3.63) is 80.2 Å². The van der Waals surface area contributed by atoms with Gasteiger partial charge >= 0.3 is 5.69 Å². The predicted molar refractivity (Wildman–Crippen MR) is 89.6 cm³/mol. The monoisotopic (exact) mass is 341 g/mol. The van der Waals surface area contributed by atoms with E-state index in [9.17, 15) is 14.0 Å². The molecule has 24 heavy (non-hydrogen) atoms. The van der Waals surface area contributed by atoms with E-state index in [0.717, 1.165) is 0 Å². The first-order valence-electron chi connectivity index (χ1n) is 7.05. The number of benzene rings is 2. The highest BCUT2D eigenvalue weighted by atomic mass is 35.5. The van der Waals surface area contributed by atoms with Gasteiger partial charge in [-0.15, -0.1) is 0 Å². The highest BCUT2D eigenvalue weighted by Crippen LogP contribution is 2.32. The van der Waals surface area contributed by atoms with E-state index >= 15 is 0 Å². The molecule has 4 rings (SSSR count). The normalized spacial score (nSPS) is 11.2. The lowest BCUT2D eigenvalue weighted by Gasteiger charge is -2.18. The van der Waals surface area contributed by atoms with Crippen LogP contribution in [0.2, 0.25) is 5.02 Å². The predicted octanol–water partition coefficient (Wildman–Crippen LogP) is 2.97. The minimum Gasteiger partial charge on any atom is -0.289 e. The van der Waals surface area contributed by atoms with Crippen molar-refractivity contribution in [3.63, 3.8) is 0 Å². The molecule has 7 heteroatoms. The second-order valence-electron chi connectivity index (χ2n) is 5.22. The number of aromatic amines is 1. The quantitative estimate of drug-likeness (QED) is 0.541. The minimum atomic E-state index is -0.802. The highest BCUT2D eigenvalue weighted by Gasteiger charge is 2.20. The number of nitrogens with zero attached hydrogens (tertiary/aromatic N) is 2. The number of nitrogens with one attached hydrogen (secondary N) is 1. The molecule has 0 saturated heterocycles. The molecule has 0 bridgehead atoms. The number of rotatable bonds is 1. The molecule has 0 spiro atoms. The van der Waals surface area contributed by atoms with Crippen LogP contribution in [0.3, 0.4) is 0 Å². The Morgan fingerprint density at radius 2 is 1.88 bits per heavy atom. The van der Waals surface area contributed by atoms with Crippen LogP contribution in [-0.2, 0) is 0 Å². The van der Waals surface area contributed by atoms with Crippen molar-refractivity contribution in [2.45, 2.75) is 0 Å². The summed E-state index contributed by atoms with van der Waals surface area (Å²) < 4.78 is 15.8. The Balaban J connectivity index is 2.33. The number of halogens is 2. The van der Waals surface area contributed by atoms with Crippen LogP contribution in [0.4, 0.5) is 4.39 Å². The van der Waals surface area contributed by atoms with Gasteiger partial charge < -0.3 is 0 Å². The second-order valence-corrected chi connectivity index (χ2v) is 5.62. The van der Waals surface area contributed by atoms with Crippen molar-refractivity contribution in [2.24, 2.45) is 0 Å². The molecule has 1 N–H and O–H groups in total. The van der Waals surface area contributed by atoms with E-state index in [1.807, 2.05) is 0 Å². The number of aromatic nitrogens is 3. The molecule has 0 amide bonds. The molecule has 0 fully saturated rings. The molecule has 0 radical (unpaired) electrons. The van der Waals surface area contributed by atoms with Crippen molar-refractivity contribution in [3.8, 4) is 17.1 Å². The number of para-hydroxylation sites is 2. The fourth-order valence-corrected chi connectivity index (χ4v) is 3.03. The molecule has 0 aromatic heterocycles. The Labute approximate surface area is 139 Å². The number of pyridine rings is 1. The van der Waals surface area contributed by atoms with Crippen LogP contribution in [0, 0.1) is 5.82 Å². The van der Waals surface area contributed by atoms with Crippen molar-refractivity contribution in [2.75, 3.05) is 0 Å². The average Bonchev–Trinajstić information content (AvgIpc) is 2.55. The summed E-state index contributed by atoms with van der Waals surface area (Å²) in [4.78, 5) is 29.8. The summed E-state index contributed by atoms with van der Waals surface area (Å²) in [6.07, 6.45) is 0. The van der Waals surface area contributed by atoms with Gasteiger partial charge in [0.1, 0.15) is 5.82 Å². The number of H-pyrrole nitrogens is 1. The van der Waals surface area contributed by atoms with Gasteiger partial charge in [0.05, 0.1) is 21.8 Å². The van der Waals surface area contributed by atoms with Gasteiger partial charge in [-0.1, -0.05) is 35.9 Å². The van der Waals surface area contributed by atoms with Crippen LogP contribution in [0.1, 0.15) is 0 Å². The fourth-order valence-electron chi connectivity index (χ4n) is 2.76. The molecular formula is C17H9ClFN3O2. The highest BCUT2D eigenvalue weighted by molar-refractivity contribution is 6.35. The molecule has 5 nitrogen and oxygen atoms in total. The van der Waals surface area contributed by atoms with E-state index in [2.05, 4.69) is 9.97 Å². The lowest BCUT2D eigenvalue weighted by Crippen LogP contribution is -2.27. The molecule has 0 unspecified atom stereocenters. The van der Waals surface area contributed by atoms with Crippen molar-refractivity contribution >= 4 is 22.5 Å². The third-order valence-corrected chi connectivity index (χ3v) is 4.07. The van der Waals surface area contributed by atoms with E-state index in [-0.39, 0.29) is 17.1 Å². The summed E-state index contributed by atoms with van der Waals surface area (Å²) in [5, 5.41) is 0.983. The van der Waals surface area contributed by atoms with Gasteiger partial charge in [0, 0.05) is 5.39 Å². The Kier molecular flexibility index (Phi) is 3.21. The van der Waals surface area contributed by atoms with Crippen LogP contribution in [0.5, 0.6) is 0 Å². The Morgan fingerprint density at radius 3 is 2.67 bits per heavy atom. The first-order chi connectivity index (χ1) is 11.6. The summed E-state index contributed by atoms with van der Waals surface area (Å²) in [5.74, 6) is -0.472. The van der Waals surface area contributed by atoms with E-state index in [1.165, 1.54) is 16.7 Å². The van der Waals surface area contributed by atoms with Gasteiger partial charge in [-0.25, -0.2) is 9.18 Å². The zero-order valence-corrected chi connectivity index (χ0v) is 12.8. The van der Waals surface area contributed by atoms with Crippen LogP contribution in [-0.4, -0.2) is 14.5 Å². The van der Waals surface area contributed by atoms with Gasteiger partial charge in [0.25, 0.3) is 5.56 Å². The first kappa shape index (κ1) is 14.6. The topological polar surface area (TPSA) is 67.8 Å². The van der Waals surface area contributed by atoms with Gasteiger partial charge in [-0.05, 0) is 24.3 Å². The van der Waals surface area contributed by atoms with Crippen LogP contribution < -0.4 is 11.2 Å². The molecule has 2 aromatic carbocycles. The summed E-state index contributed by atoms with van der Waals surface area (Å²) in [6, 6.07) is 12.7. The van der Waals surface area contributed by atoms with Gasteiger partial charge in [0.15, 0.2) is 5.82 Å². The Bertz CT molecular complexity index is 1180. The molecule has 2 aliphatic heterocycles. The zero-order chi connectivity index (χ0) is 16.8. The Morgan fingerprint density at radius 1 is 1.08 bits per heavy atom. The van der Waals surface area contributed by atoms with Gasteiger partial charge in [-0.3, -0.25) is 14.3 Å². The molecule has 2 aliphatic rings. The molecule has 0 atom stereocenters. The lowest BCUT2D eigenvalue weighted by molar-refractivity contribution is 0.619. The smallest absolute Gasteiger partial charge is 0.289 e. The maximum atomic E-state index is 14.4. The molecule has 0 aliphatic carbocycles. The van der Waals surface area contributed by atoms with E-state index in [4.69, 9.17) is 11.6 Å². The molecule has 118 valence electrons. The fraction of sp³-hybridized carbons (Fsp3) is 0. The minimum absolute atomic E-state index is 0.0504. The Hall–Kier alpha value is -2.99. The van der Waals surface area contributed by atoms with Crippen molar-refractivity contribution in [1.82, 2.24) is 14.5 Å². The van der Waals surface area contributed by atoms with E-state index in [0.29, 0.717) is 15.9 Å². The average molecular weight is 342 g/mol. The lowest BCUT2D eigenvalue weighted by atomic mass is 10.1. The van der Waals surface area contributed by atoms with Crippen molar-refractivity contribution < 1.29 is 4.39 Å². The maximum Gasteiger partial charge on any atom is 0.349 e. The third kappa shape index (κ3) is 2.11. The molecule has 2 aromatic rings. The summed E-state index contributed by atoms with van der Waals surface area (Å²) in [6.45, 7) is 0. The standard InChI is InChI=1S/C17H9ClFN3O2/c18-11-5-3-4-9-8-10-15(20-17(24)21-16(10)23)22(14(9)11)13-7-2-1-6-12(13)19/h1-8H,(H,21,23,24). The van der Waals surface area contributed by atoms with Crippen LogP contribution in [0.15, 0.2) is 58.1 Å². The molecular weight excluding hydrogens is 333 g/mol. The molecule has 2 heterocycles. The SMILES string of the molecule is O=c1nc2n(-c3ccccc3F)c3c(Cl)cccc3cc-2c(=O)[nH]1. The first-order valence-corrected chi connectivity index (χ1v) is 7.43. The van der Waals surface area contributed by atoms with Gasteiger partial charge in [0.2, 0.25) is 0 Å². The van der Waals surface area contributed by atoms with Crippen LogP contribution in [0.25, 0.3) is 28.0 Å². The zero-order valence-electron chi connectivity index (χ0n) is 12.1. The maximum absolute atomic E-state index is 14.4. The second kappa shape index (κ2) is 5.28. The number of hydrogen-bond donors (Lipinski definition) is 1.